The lowest BCUT2D eigenvalue weighted by Crippen LogP contribution is -2.27. The first kappa shape index (κ1) is 13.1. The Labute approximate surface area is 107 Å². The summed E-state index contributed by atoms with van der Waals surface area (Å²) in [6.45, 7) is 2.75. The third-order valence-electron chi connectivity index (χ3n) is 2.10. The zero-order valence-corrected chi connectivity index (χ0v) is 11.6. The molecule has 0 aliphatic rings. The third kappa shape index (κ3) is 5.09. The van der Waals surface area contributed by atoms with E-state index < -0.39 is 0 Å². The van der Waals surface area contributed by atoms with E-state index >= 15 is 0 Å². The van der Waals surface area contributed by atoms with Crippen LogP contribution >= 0.6 is 31.9 Å². The van der Waals surface area contributed by atoms with Gasteiger partial charge in [0.15, 0.2) is 0 Å². The smallest absolute Gasteiger partial charge is 0.123 e. The van der Waals surface area contributed by atoms with Crippen LogP contribution in [0.4, 0.5) is 4.39 Å². The molecule has 84 valence electrons. The molecule has 0 unspecified atom stereocenters. The lowest BCUT2D eigenvalue weighted by atomic mass is 10.2. The monoisotopic (exact) mass is 337 g/mol. The van der Waals surface area contributed by atoms with Crippen LogP contribution in [0, 0.1) is 5.82 Å². The zero-order chi connectivity index (χ0) is 11.1. The Morgan fingerprint density at radius 1 is 1.13 bits per heavy atom. The molecule has 0 saturated carbocycles. The summed E-state index contributed by atoms with van der Waals surface area (Å²) in [6, 6.07) is 6.78. The molecular weight excluding hydrogens is 325 g/mol. The van der Waals surface area contributed by atoms with Crippen molar-refractivity contribution in [1.29, 1.82) is 0 Å². The van der Waals surface area contributed by atoms with Crippen molar-refractivity contribution < 1.29 is 4.39 Å². The minimum absolute atomic E-state index is 0.162. The second kappa shape index (κ2) is 7.36. The van der Waals surface area contributed by atoms with Crippen LogP contribution in [0.1, 0.15) is 5.56 Å². The van der Waals surface area contributed by atoms with Gasteiger partial charge in [0.25, 0.3) is 0 Å². The van der Waals surface area contributed by atoms with E-state index in [9.17, 15) is 4.39 Å². The molecule has 0 bridgehead atoms. The topological polar surface area (TPSA) is 3.24 Å². The molecule has 1 rings (SSSR count). The molecule has 0 N–H and O–H groups in total. The highest BCUT2D eigenvalue weighted by Crippen LogP contribution is 2.07. The Balaban J connectivity index is 2.56. The molecule has 1 aromatic rings. The number of benzene rings is 1. The maximum absolute atomic E-state index is 13.0. The molecule has 1 nitrogen and oxygen atoms in total. The van der Waals surface area contributed by atoms with E-state index in [0.717, 1.165) is 35.9 Å². The first-order chi connectivity index (χ1) is 7.26. The van der Waals surface area contributed by atoms with E-state index in [4.69, 9.17) is 0 Å². The minimum atomic E-state index is -0.162. The minimum Gasteiger partial charge on any atom is -0.297 e. The van der Waals surface area contributed by atoms with Gasteiger partial charge < -0.3 is 0 Å². The highest BCUT2D eigenvalue weighted by Gasteiger charge is 2.04. The van der Waals surface area contributed by atoms with Crippen LogP contribution in [0.2, 0.25) is 0 Å². The number of hydrogen-bond acceptors (Lipinski definition) is 1. The summed E-state index contributed by atoms with van der Waals surface area (Å²) in [5.41, 5.74) is 1.02. The molecule has 0 saturated heterocycles. The predicted molar refractivity (Wildman–Crippen MR) is 69.3 cm³/mol. The SMILES string of the molecule is Fc1cccc(CN(CCBr)CCBr)c1. The van der Waals surface area contributed by atoms with Gasteiger partial charge in [-0.3, -0.25) is 4.90 Å². The quantitative estimate of drug-likeness (QED) is 0.718. The molecular formula is C11H14Br2FN. The summed E-state index contributed by atoms with van der Waals surface area (Å²) in [6.07, 6.45) is 0. The molecule has 0 aliphatic carbocycles. The largest absolute Gasteiger partial charge is 0.297 e. The fourth-order valence-electron chi connectivity index (χ4n) is 1.40. The summed E-state index contributed by atoms with van der Waals surface area (Å²) < 4.78 is 13.0. The Morgan fingerprint density at radius 3 is 2.33 bits per heavy atom. The zero-order valence-electron chi connectivity index (χ0n) is 8.43. The molecule has 0 heterocycles. The number of rotatable bonds is 6. The average Bonchev–Trinajstić information content (AvgIpc) is 2.18. The molecule has 0 amide bonds. The van der Waals surface area contributed by atoms with Crippen LogP contribution in [-0.2, 0) is 6.54 Å². The fraction of sp³-hybridized carbons (Fsp3) is 0.455. The molecule has 0 aromatic heterocycles. The second-order valence-corrected chi connectivity index (χ2v) is 4.87. The van der Waals surface area contributed by atoms with Crippen molar-refractivity contribution in [2.75, 3.05) is 23.7 Å². The molecule has 0 aliphatic heterocycles. The van der Waals surface area contributed by atoms with Crippen molar-refractivity contribution in [2.24, 2.45) is 0 Å². The van der Waals surface area contributed by atoms with Crippen molar-refractivity contribution in [3.63, 3.8) is 0 Å². The lowest BCUT2D eigenvalue weighted by Gasteiger charge is -2.20. The first-order valence-electron chi connectivity index (χ1n) is 4.85. The molecule has 4 heteroatoms. The Bertz CT molecular complexity index is 288. The summed E-state index contributed by atoms with van der Waals surface area (Å²) in [5, 5.41) is 1.88. The van der Waals surface area contributed by atoms with E-state index in [1.807, 2.05) is 6.07 Å². The normalized spacial score (nSPS) is 10.9. The van der Waals surface area contributed by atoms with Crippen LogP contribution in [0.15, 0.2) is 24.3 Å². The van der Waals surface area contributed by atoms with Gasteiger partial charge in [0, 0.05) is 30.3 Å². The standard InChI is InChI=1S/C11H14Br2FN/c12-4-6-15(7-5-13)9-10-2-1-3-11(14)8-10/h1-3,8H,4-7,9H2. The van der Waals surface area contributed by atoms with Crippen LogP contribution in [0.25, 0.3) is 0 Å². The molecule has 0 atom stereocenters. The first-order valence-corrected chi connectivity index (χ1v) is 7.09. The summed E-state index contributed by atoms with van der Waals surface area (Å²) in [5.74, 6) is -0.162. The lowest BCUT2D eigenvalue weighted by molar-refractivity contribution is 0.302. The van der Waals surface area contributed by atoms with Crippen molar-refractivity contribution in [2.45, 2.75) is 6.54 Å². The summed E-state index contributed by atoms with van der Waals surface area (Å²) in [4.78, 5) is 2.28. The number of alkyl halides is 2. The molecule has 15 heavy (non-hydrogen) atoms. The maximum Gasteiger partial charge on any atom is 0.123 e. The summed E-state index contributed by atoms with van der Waals surface area (Å²) >= 11 is 6.83. The van der Waals surface area contributed by atoms with Crippen LogP contribution < -0.4 is 0 Å². The molecule has 0 fully saturated rings. The number of nitrogens with zero attached hydrogens (tertiary/aromatic N) is 1. The van der Waals surface area contributed by atoms with Gasteiger partial charge in [0.1, 0.15) is 5.82 Å². The highest BCUT2D eigenvalue weighted by molar-refractivity contribution is 9.09. The molecule has 1 aromatic carbocycles. The fourth-order valence-corrected chi connectivity index (χ4v) is 2.41. The predicted octanol–water partition coefficient (Wildman–Crippen LogP) is 3.42. The molecule has 0 radical (unpaired) electrons. The van der Waals surface area contributed by atoms with Crippen LogP contribution in [-0.4, -0.2) is 28.6 Å². The Kier molecular flexibility index (Phi) is 6.45. The maximum atomic E-state index is 13.0. The van der Waals surface area contributed by atoms with E-state index in [-0.39, 0.29) is 5.82 Å². The van der Waals surface area contributed by atoms with Gasteiger partial charge in [-0.05, 0) is 17.7 Å². The molecule has 0 spiro atoms. The second-order valence-electron chi connectivity index (χ2n) is 3.28. The van der Waals surface area contributed by atoms with Crippen LogP contribution in [0.5, 0.6) is 0 Å². The van der Waals surface area contributed by atoms with E-state index in [2.05, 4.69) is 36.8 Å². The van der Waals surface area contributed by atoms with E-state index in [1.54, 1.807) is 12.1 Å². The van der Waals surface area contributed by atoms with Crippen molar-refractivity contribution in [3.8, 4) is 0 Å². The van der Waals surface area contributed by atoms with Gasteiger partial charge >= 0.3 is 0 Å². The highest BCUT2D eigenvalue weighted by atomic mass is 79.9. The Morgan fingerprint density at radius 2 is 1.80 bits per heavy atom. The van der Waals surface area contributed by atoms with Crippen LogP contribution in [0.3, 0.4) is 0 Å². The summed E-state index contributed by atoms with van der Waals surface area (Å²) in [7, 11) is 0. The van der Waals surface area contributed by atoms with Gasteiger partial charge in [-0.2, -0.15) is 0 Å². The number of halogens is 3. The van der Waals surface area contributed by atoms with E-state index in [1.165, 1.54) is 6.07 Å². The van der Waals surface area contributed by atoms with Crippen molar-refractivity contribution in [3.05, 3.63) is 35.6 Å². The number of hydrogen-bond donors (Lipinski definition) is 0. The van der Waals surface area contributed by atoms with E-state index in [0.29, 0.717) is 0 Å². The van der Waals surface area contributed by atoms with Crippen molar-refractivity contribution in [1.82, 2.24) is 4.90 Å². The third-order valence-corrected chi connectivity index (χ3v) is 2.81. The van der Waals surface area contributed by atoms with Gasteiger partial charge in [0.2, 0.25) is 0 Å². The van der Waals surface area contributed by atoms with Gasteiger partial charge in [-0.15, -0.1) is 0 Å². The van der Waals surface area contributed by atoms with Gasteiger partial charge in [-0.25, -0.2) is 4.39 Å². The van der Waals surface area contributed by atoms with Crippen molar-refractivity contribution >= 4 is 31.9 Å². The average molecular weight is 339 g/mol. The van der Waals surface area contributed by atoms with Gasteiger partial charge in [-0.1, -0.05) is 44.0 Å². The van der Waals surface area contributed by atoms with Gasteiger partial charge in [0.05, 0.1) is 0 Å². The Hall–Kier alpha value is 0.0700.